The maximum absolute atomic E-state index is 11.9. The molecule has 0 spiro atoms. The number of pyridine rings is 1. The van der Waals surface area contributed by atoms with Crippen LogP contribution in [0.25, 0.3) is 10.6 Å². The Balaban J connectivity index is 1.30. The van der Waals surface area contributed by atoms with Gasteiger partial charge in [-0.2, -0.15) is 4.52 Å². The molecule has 1 fully saturated rings. The first-order valence-corrected chi connectivity index (χ1v) is 10.3. The van der Waals surface area contributed by atoms with E-state index in [-0.39, 0.29) is 5.56 Å². The molecule has 4 aromatic rings. The minimum Gasteiger partial charge on any atom is -0.345 e. The number of aromatic nitrogens is 5. The molecule has 4 aromatic heterocycles. The predicted molar refractivity (Wildman–Crippen MR) is 109 cm³/mol. The van der Waals surface area contributed by atoms with Gasteiger partial charge in [-0.15, -0.1) is 5.10 Å². The van der Waals surface area contributed by atoms with Gasteiger partial charge in [0.15, 0.2) is 0 Å². The van der Waals surface area contributed by atoms with Crippen molar-refractivity contribution in [1.82, 2.24) is 28.9 Å². The molecule has 1 aliphatic rings. The monoisotopic (exact) mass is 415 g/mol. The third-order valence-corrected chi connectivity index (χ3v) is 6.08. The Morgan fingerprint density at radius 2 is 2.04 bits per heavy atom. The van der Waals surface area contributed by atoms with Crippen molar-refractivity contribution in [2.45, 2.75) is 13.0 Å². The quantitative estimate of drug-likeness (QED) is 0.510. The highest BCUT2D eigenvalue weighted by Crippen LogP contribution is 2.22. The Morgan fingerprint density at radius 3 is 2.93 bits per heavy atom. The van der Waals surface area contributed by atoms with Crippen molar-refractivity contribution in [3.05, 3.63) is 57.9 Å². The highest BCUT2D eigenvalue weighted by atomic mass is 35.5. The molecule has 0 saturated carbocycles. The summed E-state index contributed by atoms with van der Waals surface area (Å²) >= 11 is 7.52. The Labute approximate surface area is 169 Å². The molecule has 8 nitrogen and oxygen atoms in total. The van der Waals surface area contributed by atoms with Crippen LogP contribution in [0.2, 0.25) is 5.02 Å². The number of imidazole rings is 1. The molecular weight excluding hydrogens is 398 g/mol. The molecule has 28 heavy (non-hydrogen) atoms. The van der Waals surface area contributed by atoms with Crippen LogP contribution < -0.4 is 10.5 Å². The highest BCUT2D eigenvalue weighted by Gasteiger charge is 2.19. The van der Waals surface area contributed by atoms with Crippen molar-refractivity contribution in [3.8, 4) is 0 Å². The molecular formula is C18H18ClN7OS. The van der Waals surface area contributed by atoms with Crippen LogP contribution in [-0.2, 0) is 6.54 Å². The lowest BCUT2D eigenvalue weighted by Crippen LogP contribution is -2.30. The third-order valence-electron chi connectivity index (χ3n) is 4.87. The molecule has 144 valence electrons. The van der Waals surface area contributed by atoms with Crippen molar-refractivity contribution in [2.75, 3.05) is 31.1 Å². The Hall–Kier alpha value is -2.49. The van der Waals surface area contributed by atoms with Crippen molar-refractivity contribution in [1.29, 1.82) is 0 Å². The first kappa shape index (κ1) is 17.6. The summed E-state index contributed by atoms with van der Waals surface area (Å²) in [6, 6.07) is 5.22. The molecule has 1 saturated heterocycles. The largest absolute Gasteiger partial charge is 0.345 e. The Kier molecular flexibility index (Phi) is 4.50. The van der Waals surface area contributed by atoms with Gasteiger partial charge in [-0.1, -0.05) is 22.9 Å². The van der Waals surface area contributed by atoms with Crippen LogP contribution in [0.1, 0.15) is 12.1 Å². The van der Waals surface area contributed by atoms with Crippen molar-refractivity contribution in [2.24, 2.45) is 0 Å². The number of halogens is 1. The summed E-state index contributed by atoms with van der Waals surface area (Å²) in [6.45, 7) is 4.47. The van der Waals surface area contributed by atoms with E-state index in [1.54, 1.807) is 0 Å². The SMILES string of the molecule is O=c1ccnc2sc(N3CCCN(Cc4cn5cc(Cl)ccc5n4)CC3)nn12. The molecule has 0 aromatic carbocycles. The Morgan fingerprint density at radius 1 is 1.11 bits per heavy atom. The molecule has 5 rings (SSSR count). The number of nitrogens with zero attached hydrogens (tertiary/aromatic N) is 7. The smallest absolute Gasteiger partial charge is 0.275 e. The fourth-order valence-corrected chi connectivity index (χ4v) is 4.60. The predicted octanol–water partition coefficient (Wildman–Crippen LogP) is 2.16. The van der Waals surface area contributed by atoms with Crippen molar-refractivity contribution in [3.63, 3.8) is 0 Å². The average Bonchev–Trinajstić information content (AvgIpc) is 3.20. The highest BCUT2D eigenvalue weighted by molar-refractivity contribution is 7.20. The minimum atomic E-state index is -0.143. The molecule has 0 radical (unpaired) electrons. The lowest BCUT2D eigenvalue weighted by Gasteiger charge is -2.20. The summed E-state index contributed by atoms with van der Waals surface area (Å²) in [5, 5.41) is 6.01. The number of rotatable bonds is 3. The molecule has 10 heteroatoms. The zero-order chi connectivity index (χ0) is 19.1. The zero-order valence-corrected chi connectivity index (χ0v) is 16.6. The summed E-state index contributed by atoms with van der Waals surface area (Å²) in [7, 11) is 0. The normalized spacial score (nSPS) is 16.1. The summed E-state index contributed by atoms with van der Waals surface area (Å²) < 4.78 is 3.35. The maximum atomic E-state index is 11.9. The average molecular weight is 416 g/mol. The summed E-state index contributed by atoms with van der Waals surface area (Å²) in [6.07, 6.45) is 6.47. The lowest BCUT2D eigenvalue weighted by molar-refractivity contribution is 0.282. The van der Waals surface area contributed by atoms with Gasteiger partial charge in [0.1, 0.15) is 5.65 Å². The first-order chi connectivity index (χ1) is 13.7. The van der Waals surface area contributed by atoms with Gasteiger partial charge in [0.25, 0.3) is 5.56 Å². The van der Waals surface area contributed by atoms with Crippen LogP contribution in [0.5, 0.6) is 0 Å². The summed E-state index contributed by atoms with van der Waals surface area (Å²) in [5.74, 6) is 0. The van der Waals surface area contributed by atoms with E-state index in [1.165, 1.54) is 28.1 Å². The molecule has 0 aliphatic carbocycles. The Bertz CT molecular complexity index is 1200. The van der Waals surface area contributed by atoms with E-state index in [0.717, 1.165) is 55.6 Å². The number of hydrogen-bond donors (Lipinski definition) is 0. The second kappa shape index (κ2) is 7.16. The van der Waals surface area contributed by atoms with Gasteiger partial charge in [-0.3, -0.25) is 9.69 Å². The molecule has 5 heterocycles. The lowest BCUT2D eigenvalue weighted by atomic mass is 10.3. The maximum Gasteiger partial charge on any atom is 0.275 e. The van der Waals surface area contributed by atoms with Crippen molar-refractivity contribution < 1.29 is 0 Å². The molecule has 0 amide bonds. The molecule has 0 bridgehead atoms. The number of fused-ring (bicyclic) bond motifs is 2. The second-order valence-electron chi connectivity index (χ2n) is 6.82. The van der Waals surface area contributed by atoms with E-state index in [4.69, 9.17) is 11.6 Å². The first-order valence-electron chi connectivity index (χ1n) is 9.11. The summed E-state index contributed by atoms with van der Waals surface area (Å²) in [4.78, 5) is 26.1. The van der Waals surface area contributed by atoms with E-state index in [1.807, 2.05) is 28.9 Å². The molecule has 1 aliphatic heterocycles. The zero-order valence-electron chi connectivity index (χ0n) is 15.0. The fourth-order valence-electron chi connectivity index (χ4n) is 3.50. The van der Waals surface area contributed by atoms with Gasteiger partial charge < -0.3 is 9.30 Å². The van der Waals surface area contributed by atoms with Crippen molar-refractivity contribution >= 4 is 38.7 Å². The van der Waals surface area contributed by atoms with Crippen LogP contribution in [0.15, 0.2) is 41.6 Å². The third kappa shape index (κ3) is 3.36. The van der Waals surface area contributed by atoms with E-state index in [2.05, 4.69) is 24.9 Å². The topological polar surface area (TPSA) is 71.0 Å². The van der Waals surface area contributed by atoms with E-state index in [9.17, 15) is 4.79 Å². The van der Waals surface area contributed by atoms with Gasteiger partial charge in [-0.25, -0.2) is 9.97 Å². The minimum absolute atomic E-state index is 0.143. The summed E-state index contributed by atoms with van der Waals surface area (Å²) in [5.41, 5.74) is 1.80. The van der Waals surface area contributed by atoms with Crippen LogP contribution in [0.3, 0.4) is 0 Å². The van der Waals surface area contributed by atoms with E-state index in [0.29, 0.717) is 9.98 Å². The molecule has 0 unspecified atom stereocenters. The van der Waals surface area contributed by atoms with Gasteiger partial charge in [0, 0.05) is 57.4 Å². The van der Waals surface area contributed by atoms with Gasteiger partial charge in [0.2, 0.25) is 10.1 Å². The fraction of sp³-hybridized carbons (Fsp3) is 0.333. The molecule has 0 atom stereocenters. The number of hydrogen-bond acceptors (Lipinski definition) is 7. The number of anilines is 1. The van der Waals surface area contributed by atoms with Gasteiger partial charge in [0.05, 0.1) is 10.7 Å². The second-order valence-corrected chi connectivity index (χ2v) is 8.19. The molecule has 0 N–H and O–H groups in total. The van der Waals surface area contributed by atoms with Crippen LogP contribution in [0.4, 0.5) is 5.13 Å². The van der Waals surface area contributed by atoms with Crippen LogP contribution in [-0.4, -0.2) is 55.1 Å². The standard InChI is InChI=1S/C18H18ClN7OS/c19-13-2-3-15-21-14(12-25(15)10-13)11-23-6-1-7-24(9-8-23)18-22-26-16(27)4-5-20-17(26)28-18/h2-5,10,12H,1,6-9,11H2. The van der Waals surface area contributed by atoms with E-state index < -0.39 is 0 Å². The van der Waals surface area contributed by atoms with Crippen LogP contribution >= 0.6 is 22.9 Å². The van der Waals surface area contributed by atoms with Crippen LogP contribution in [0, 0.1) is 0 Å². The van der Waals surface area contributed by atoms with Gasteiger partial charge in [-0.05, 0) is 18.6 Å². The van der Waals surface area contributed by atoms with E-state index >= 15 is 0 Å². The van der Waals surface area contributed by atoms with Gasteiger partial charge >= 0.3 is 0 Å².